The number of nitrogens with zero attached hydrogens (tertiary/aromatic N) is 1. The number of carbonyl (C=O) groups is 1. The van der Waals surface area contributed by atoms with E-state index in [1.807, 2.05) is 66.1 Å². The van der Waals surface area contributed by atoms with Crippen molar-refractivity contribution in [2.45, 2.75) is 26.6 Å². The number of rotatable bonds is 8. The van der Waals surface area contributed by atoms with Crippen molar-refractivity contribution in [2.75, 3.05) is 7.11 Å². The maximum Gasteiger partial charge on any atom is 0.352 e. The predicted octanol–water partition coefficient (Wildman–Crippen LogP) is 4.59. The Morgan fingerprint density at radius 3 is 2.67 bits per heavy atom. The average molecular weight is 404 g/mol. The molecule has 4 aromatic rings. The highest BCUT2D eigenvalue weighted by Gasteiger charge is 2.23. The van der Waals surface area contributed by atoms with Crippen molar-refractivity contribution in [2.24, 2.45) is 0 Å². The van der Waals surface area contributed by atoms with E-state index in [-0.39, 0.29) is 5.69 Å². The van der Waals surface area contributed by atoms with Gasteiger partial charge in [0, 0.05) is 30.1 Å². The van der Waals surface area contributed by atoms with Crippen LogP contribution in [0.3, 0.4) is 0 Å². The van der Waals surface area contributed by atoms with Crippen LogP contribution in [-0.4, -0.2) is 22.8 Å². The van der Waals surface area contributed by atoms with Gasteiger partial charge in [-0.1, -0.05) is 24.3 Å². The molecule has 0 spiro atoms. The molecule has 0 saturated heterocycles. The van der Waals surface area contributed by atoms with Gasteiger partial charge in [0.05, 0.1) is 25.4 Å². The number of ether oxygens (including phenoxy) is 1. The van der Waals surface area contributed by atoms with E-state index in [1.54, 1.807) is 13.4 Å². The van der Waals surface area contributed by atoms with Crippen molar-refractivity contribution < 1.29 is 19.1 Å². The van der Waals surface area contributed by atoms with Crippen LogP contribution in [-0.2, 0) is 19.6 Å². The zero-order valence-electron chi connectivity index (χ0n) is 17.0. The molecule has 154 valence electrons. The van der Waals surface area contributed by atoms with Crippen LogP contribution in [0, 0.1) is 6.92 Å². The largest absolute Gasteiger partial charge is 0.497 e. The summed E-state index contributed by atoms with van der Waals surface area (Å²) >= 11 is 0. The fraction of sp³-hybridized carbons (Fsp3) is 0.208. The van der Waals surface area contributed by atoms with Crippen LogP contribution in [0.5, 0.6) is 5.75 Å². The molecule has 0 amide bonds. The smallest absolute Gasteiger partial charge is 0.352 e. The van der Waals surface area contributed by atoms with Crippen molar-refractivity contribution in [3.8, 4) is 5.75 Å². The van der Waals surface area contributed by atoms with Crippen molar-refractivity contribution in [3.05, 3.63) is 89.0 Å². The molecule has 4 rings (SSSR count). The molecule has 0 unspecified atom stereocenters. The number of hydrogen-bond donors (Lipinski definition) is 2. The monoisotopic (exact) mass is 404 g/mol. The molecule has 0 aliphatic carbocycles. The number of furan rings is 1. The summed E-state index contributed by atoms with van der Waals surface area (Å²) in [4.78, 5) is 12.3. The van der Waals surface area contributed by atoms with Crippen LogP contribution in [0.2, 0.25) is 0 Å². The first-order valence-corrected chi connectivity index (χ1v) is 9.78. The van der Waals surface area contributed by atoms with E-state index in [0.29, 0.717) is 25.4 Å². The Morgan fingerprint density at radius 1 is 1.13 bits per heavy atom. The maximum atomic E-state index is 12.3. The summed E-state index contributed by atoms with van der Waals surface area (Å²) < 4.78 is 12.6. The molecule has 30 heavy (non-hydrogen) atoms. The van der Waals surface area contributed by atoms with Gasteiger partial charge in [-0.2, -0.15) is 0 Å². The third-order valence-corrected chi connectivity index (χ3v) is 5.35. The van der Waals surface area contributed by atoms with Gasteiger partial charge in [0.1, 0.15) is 17.2 Å². The Morgan fingerprint density at radius 2 is 1.97 bits per heavy atom. The van der Waals surface area contributed by atoms with Crippen molar-refractivity contribution in [3.63, 3.8) is 0 Å². The minimum atomic E-state index is -0.950. The van der Waals surface area contributed by atoms with Gasteiger partial charge in [0.2, 0.25) is 0 Å². The Labute approximate surface area is 174 Å². The Balaban J connectivity index is 1.80. The number of aryl methyl sites for hydroxylation is 1. The lowest BCUT2D eigenvalue weighted by atomic mass is 10.1. The van der Waals surface area contributed by atoms with E-state index in [2.05, 4.69) is 5.32 Å². The number of methoxy groups -OCH3 is 1. The molecule has 0 aliphatic rings. The lowest BCUT2D eigenvalue weighted by molar-refractivity contribution is 0.0684. The summed E-state index contributed by atoms with van der Waals surface area (Å²) in [6, 6.07) is 17.4. The van der Waals surface area contributed by atoms with E-state index in [1.165, 1.54) is 0 Å². The molecule has 0 aliphatic heterocycles. The summed E-state index contributed by atoms with van der Waals surface area (Å²) in [5, 5.41) is 14.3. The molecule has 0 saturated carbocycles. The predicted molar refractivity (Wildman–Crippen MR) is 115 cm³/mol. The molecule has 0 fully saturated rings. The van der Waals surface area contributed by atoms with Gasteiger partial charge < -0.3 is 24.1 Å². The fourth-order valence-electron chi connectivity index (χ4n) is 3.80. The van der Waals surface area contributed by atoms with Crippen LogP contribution < -0.4 is 10.1 Å². The van der Waals surface area contributed by atoms with Gasteiger partial charge in [-0.05, 0) is 42.3 Å². The van der Waals surface area contributed by atoms with Gasteiger partial charge in [0.25, 0.3) is 0 Å². The third kappa shape index (κ3) is 3.82. The standard InChI is InChI=1S/C24H24N2O4/c1-16-6-3-4-7-17(16)15-26-22-12-18(29-2)9-10-20(22)21(23(26)24(27)28)14-25-13-19-8-5-11-30-19/h3-12,25H,13-15H2,1-2H3,(H,27,28). The van der Waals surface area contributed by atoms with Crippen LogP contribution in [0.1, 0.15) is 32.9 Å². The van der Waals surface area contributed by atoms with Crippen molar-refractivity contribution in [1.29, 1.82) is 0 Å². The quantitative estimate of drug-likeness (QED) is 0.449. The van der Waals surface area contributed by atoms with Crippen molar-refractivity contribution >= 4 is 16.9 Å². The number of carboxylic acid groups (broad SMARTS) is 1. The molecule has 2 heterocycles. The molecule has 0 atom stereocenters. The fourth-order valence-corrected chi connectivity index (χ4v) is 3.80. The van der Waals surface area contributed by atoms with Crippen LogP contribution in [0.4, 0.5) is 0 Å². The second kappa shape index (κ2) is 8.47. The summed E-state index contributed by atoms with van der Waals surface area (Å²) in [6.07, 6.45) is 1.63. The third-order valence-electron chi connectivity index (χ3n) is 5.35. The molecule has 0 radical (unpaired) electrons. The number of hydrogen-bond acceptors (Lipinski definition) is 4. The van der Waals surface area contributed by atoms with Gasteiger partial charge in [0.15, 0.2) is 0 Å². The lowest BCUT2D eigenvalue weighted by Gasteiger charge is -2.12. The van der Waals surface area contributed by atoms with Gasteiger partial charge >= 0.3 is 5.97 Å². The summed E-state index contributed by atoms with van der Waals surface area (Å²) in [6.45, 7) is 3.43. The molecular weight excluding hydrogens is 380 g/mol. The van der Waals surface area contributed by atoms with E-state index in [4.69, 9.17) is 9.15 Å². The Bertz CT molecular complexity index is 1180. The first-order chi connectivity index (χ1) is 14.6. The van der Waals surface area contributed by atoms with E-state index in [0.717, 1.165) is 33.4 Å². The van der Waals surface area contributed by atoms with Gasteiger partial charge in [-0.15, -0.1) is 0 Å². The van der Waals surface area contributed by atoms with E-state index >= 15 is 0 Å². The van der Waals surface area contributed by atoms with Crippen LogP contribution in [0.15, 0.2) is 65.3 Å². The van der Waals surface area contributed by atoms with E-state index < -0.39 is 5.97 Å². The SMILES string of the molecule is COc1ccc2c(CNCc3ccco3)c(C(=O)O)n(Cc3ccccc3C)c2c1. The maximum absolute atomic E-state index is 12.3. The van der Waals surface area contributed by atoms with Crippen LogP contribution in [0.25, 0.3) is 10.9 Å². The molecule has 2 aromatic heterocycles. The lowest BCUT2D eigenvalue weighted by Crippen LogP contribution is -2.17. The van der Waals surface area contributed by atoms with Gasteiger partial charge in [-0.25, -0.2) is 4.79 Å². The number of carboxylic acids is 1. The normalized spacial score (nSPS) is 11.1. The Kier molecular flexibility index (Phi) is 5.59. The second-order valence-corrected chi connectivity index (χ2v) is 7.21. The summed E-state index contributed by atoms with van der Waals surface area (Å²) in [7, 11) is 1.61. The topological polar surface area (TPSA) is 76.6 Å². The number of benzene rings is 2. The average Bonchev–Trinajstić information content (AvgIpc) is 3.36. The first-order valence-electron chi connectivity index (χ1n) is 9.78. The highest BCUT2D eigenvalue weighted by Crippen LogP contribution is 2.31. The van der Waals surface area contributed by atoms with Gasteiger partial charge in [-0.3, -0.25) is 0 Å². The molecule has 2 aromatic carbocycles. The summed E-state index contributed by atoms with van der Waals surface area (Å²) in [5.41, 5.74) is 4.07. The highest BCUT2D eigenvalue weighted by molar-refractivity contribution is 5.98. The Hall–Kier alpha value is -3.51. The molecule has 6 nitrogen and oxygen atoms in total. The highest BCUT2D eigenvalue weighted by atomic mass is 16.5. The number of aromatic carboxylic acids is 1. The van der Waals surface area contributed by atoms with Crippen molar-refractivity contribution in [1.82, 2.24) is 9.88 Å². The molecular formula is C24H24N2O4. The molecule has 0 bridgehead atoms. The minimum Gasteiger partial charge on any atom is -0.497 e. The number of nitrogens with one attached hydrogen (secondary N) is 1. The zero-order chi connectivity index (χ0) is 21.1. The molecule has 6 heteroatoms. The number of aromatic nitrogens is 1. The number of fused-ring (bicyclic) bond motifs is 1. The first kappa shape index (κ1) is 19.8. The second-order valence-electron chi connectivity index (χ2n) is 7.21. The summed E-state index contributed by atoms with van der Waals surface area (Å²) in [5.74, 6) is 0.545. The zero-order valence-corrected chi connectivity index (χ0v) is 17.0. The van der Waals surface area contributed by atoms with Crippen LogP contribution >= 0.6 is 0 Å². The minimum absolute atomic E-state index is 0.286. The molecule has 2 N–H and O–H groups in total. The van der Waals surface area contributed by atoms with E-state index in [9.17, 15) is 9.90 Å².